The zero-order valence-corrected chi connectivity index (χ0v) is 13.2. The van der Waals surface area contributed by atoms with Crippen molar-refractivity contribution in [3.8, 4) is 5.75 Å². The van der Waals surface area contributed by atoms with Crippen molar-refractivity contribution in [1.82, 2.24) is 0 Å². The highest BCUT2D eigenvalue weighted by Crippen LogP contribution is 2.30. The Bertz CT molecular complexity index is 563. The van der Waals surface area contributed by atoms with Gasteiger partial charge in [-0.2, -0.15) is 0 Å². The molecule has 0 spiro atoms. The SMILES string of the molecule is CC(C)c1cc(S(=O)(=O)Cl)ccc1OCC1CCCO1. The fourth-order valence-corrected chi connectivity index (χ4v) is 3.01. The fourth-order valence-electron chi connectivity index (χ4n) is 2.22. The Morgan fingerprint density at radius 1 is 1.45 bits per heavy atom. The molecule has 1 aromatic rings. The first-order chi connectivity index (χ1) is 9.38. The van der Waals surface area contributed by atoms with Gasteiger partial charge in [-0.1, -0.05) is 13.8 Å². The molecule has 1 saturated heterocycles. The minimum atomic E-state index is -3.71. The van der Waals surface area contributed by atoms with E-state index >= 15 is 0 Å². The van der Waals surface area contributed by atoms with E-state index in [2.05, 4.69) is 0 Å². The van der Waals surface area contributed by atoms with E-state index < -0.39 is 9.05 Å². The molecular weight excluding hydrogens is 300 g/mol. The number of ether oxygens (including phenoxy) is 2. The normalized spacial score (nSPS) is 19.5. The summed E-state index contributed by atoms with van der Waals surface area (Å²) in [5.41, 5.74) is 0.838. The lowest BCUT2D eigenvalue weighted by molar-refractivity contribution is 0.0675. The van der Waals surface area contributed by atoms with Gasteiger partial charge in [-0.15, -0.1) is 0 Å². The van der Waals surface area contributed by atoms with Crippen LogP contribution in [-0.4, -0.2) is 27.7 Å². The van der Waals surface area contributed by atoms with Gasteiger partial charge in [0.2, 0.25) is 0 Å². The molecule has 1 aliphatic rings. The number of hydrogen-bond donors (Lipinski definition) is 0. The summed E-state index contributed by atoms with van der Waals surface area (Å²) in [4.78, 5) is 0.104. The molecule has 1 atom stereocenters. The lowest BCUT2D eigenvalue weighted by atomic mass is 10.0. The van der Waals surface area contributed by atoms with Crippen LogP contribution >= 0.6 is 10.7 Å². The first-order valence-electron chi connectivity index (χ1n) is 6.71. The van der Waals surface area contributed by atoms with Crippen LogP contribution in [0.4, 0.5) is 0 Å². The average molecular weight is 319 g/mol. The van der Waals surface area contributed by atoms with Crippen molar-refractivity contribution in [2.24, 2.45) is 0 Å². The summed E-state index contributed by atoms with van der Waals surface area (Å²) in [6, 6.07) is 4.72. The van der Waals surface area contributed by atoms with Crippen molar-refractivity contribution < 1.29 is 17.9 Å². The molecule has 0 aromatic heterocycles. The van der Waals surface area contributed by atoms with Gasteiger partial charge < -0.3 is 9.47 Å². The molecular formula is C14H19ClO4S. The summed E-state index contributed by atoms with van der Waals surface area (Å²) < 4.78 is 34.1. The van der Waals surface area contributed by atoms with Crippen LogP contribution in [0.1, 0.15) is 38.2 Å². The summed E-state index contributed by atoms with van der Waals surface area (Å²) in [6.07, 6.45) is 2.20. The number of hydrogen-bond acceptors (Lipinski definition) is 4. The molecule has 4 nitrogen and oxygen atoms in total. The van der Waals surface area contributed by atoms with E-state index in [-0.39, 0.29) is 16.9 Å². The number of rotatable bonds is 5. The van der Waals surface area contributed by atoms with E-state index in [9.17, 15) is 8.42 Å². The Kier molecular flexibility index (Phi) is 4.94. The van der Waals surface area contributed by atoms with Gasteiger partial charge in [-0.25, -0.2) is 8.42 Å². The van der Waals surface area contributed by atoms with E-state index in [1.54, 1.807) is 12.1 Å². The Labute approximate surface area is 124 Å². The van der Waals surface area contributed by atoms with Crippen LogP contribution in [0.2, 0.25) is 0 Å². The second kappa shape index (κ2) is 6.33. The largest absolute Gasteiger partial charge is 0.491 e. The van der Waals surface area contributed by atoms with Crippen LogP contribution < -0.4 is 4.74 Å². The third-order valence-corrected chi connectivity index (χ3v) is 4.69. The molecule has 0 bridgehead atoms. The van der Waals surface area contributed by atoms with E-state index in [1.807, 2.05) is 13.8 Å². The van der Waals surface area contributed by atoms with Gasteiger partial charge in [0.05, 0.1) is 11.0 Å². The molecule has 1 aromatic carbocycles. The predicted molar refractivity (Wildman–Crippen MR) is 78.0 cm³/mol. The van der Waals surface area contributed by atoms with E-state index in [4.69, 9.17) is 20.2 Å². The molecule has 2 rings (SSSR count). The second-order valence-corrected chi connectivity index (χ2v) is 7.80. The standard InChI is InChI=1S/C14H19ClO4S/c1-10(2)13-8-12(20(15,16)17)5-6-14(13)19-9-11-4-3-7-18-11/h5-6,8,10-11H,3-4,7,9H2,1-2H3. The zero-order chi connectivity index (χ0) is 14.8. The summed E-state index contributed by atoms with van der Waals surface area (Å²) in [5.74, 6) is 0.840. The smallest absolute Gasteiger partial charge is 0.261 e. The summed E-state index contributed by atoms with van der Waals surface area (Å²) in [6.45, 7) is 5.25. The average Bonchev–Trinajstić information content (AvgIpc) is 2.88. The summed E-state index contributed by atoms with van der Waals surface area (Å²) >= 11 is 0. The maximum Gasteiger partial charge on any atom is 0.261 e. The first-order valence-corrected chi connectivity index (χ1v) is 9.02. The topological polar surface area (TPSA) is 52.6 Å². The van der Waals surface area contributed by atoms with Crippen LogP contribution in [0.5, 0.6) is 5.75 Å². The third-order valence-electron chi connectivity index (χ3n) is 3.33. The highest BCUT2D eigenvalue weighted by molar-refractivity contribution is 8.13. The third kappa shape index (κ3) is 3.87. The van der Waals surface area contributed by atoms with Crippen molar-refractivity contribution >= 4 is 19.7 Å². The van der Waals surface area contributed by atoms with Crippen molar-refractivity contribution in [1.29, 1.82) is 0 Å². The monoisotopic (exact) mass is 318 g/mol. The van der Waals surface area contributed by atoms with Gasteiger partial charge in [0.15, 0.2) is 0 Å². The summed E-state index contributed by atoms with van der Waals surface area (Å²) in [7, 11) is 1.67. The second-order valence-electron chi connectivity index (χ2n) is 5.24. The quantitative estimate of drug-likeness (QED) is 0.782. The molecule has 0 radical (unpaired) electrons. The molecule has 20 heavy (non-hydrogen) atoms. The Morgan fingerprint density at radius 3 is 2.75 bits per heavy atom. The van der Waals surface area contributed by atoms with Gasteiger partial charge in [0.1, 0.15) is 12.4 Å². The molecule has 1 fully saturated rings. The van der Waals surface area contributed by atoms with Crippen LogP contribution in [0.25, 0.3) is 0 Å². The van der Waals surface area contributed by atoms with E-state index in [0.29, 0.717) is 12.4 Å². The first kappa shape index (κ1) is 15.6. The Balaban J connectivity index is 2.19. The predicted octanol–water partition coefficient (Wildman–Crippen LogP) is 3.30. The lowest BCUT2D eigenvalue weighted by Gasteiger charge is -2.17. The van der Waals surface area contributed by atoms with Gasteiger partial charge in [-0.05, 0) is 42.5 Å². The molecule has 1 unspecified atom stereocenters. The van der Waals surface area contributed by atoms with Gasteiger partial charge in [-0.3, -0.25) is 0 Å². The zero-order valence-electron chi connectivity index (χ0n) is 11.6. The fraction of sp³-hybridized carbons (Fsp3) is 0.571. The molecule has 0 amide bonds. The molecule has 1 heterocycles. The number of halogens is 1. The maximum atomic E-state index is 11.4. The van der Waals surface area contributed by atoms with Crippen LogP contribution in [0, 0.1) is 0 Å². The molecule has 1 aliphatic heterocycles. The number of benzene rings is 1. The minimum Gasteiger partial charge on any atom is -0.491 e. The van der Waals surface area contributed by atoms with Crippen molar-refractivity contribution in [2.45, 2.75) is 43.6 Å². The van der Waals surface area contributed by atoms with Crippen molar-refractivity contribution in [2.75, 3.05) is 13.2 Å². The molecule has 0 aliphatic carbocycles. The van der Waals surface area contributed by atoms with Gasteiger partial charge >= 0.3 is 0 Å². The van der Waals surface area contributed by atoms with E-state index in [0.717, 1.165) is 25.0 Å². The molecule has 0 saturated carbocycles. The van der Waals surface area contributed by atoms with Crippen molar-refractivity contribution in [3.05, 3.63) is 23.8 Å². The highest BCUT2D eigenvalue weighted by Gasteiger charge is 2.19. The maximum absolute atomic E-state index is 11.4. The summed E-state index contributed by atoms with van der Waals surface area (Å²) in [5, 5.41) is 0. The van der Waals surface area contributed by atoms with Gasteiger partial charge in [0, 0.05) is 17.3 Å². The van der Waals surface area contributed by atoms with Crippen molar-refractivity contribution in [3.63, 3.8) is 0 Å². The Hall–Kier alpha value is -0.780. The lowest BCUT2D eigenvalue weighted by Crippen LogP contribution is -2.17. The van der Waals surface area contributed by atoms with Gasteiger partial charge in [0.25, 0.3) is 9.05 Å². The highest BCUT2D eigenvalue weighted by atomic mass is 35.7. The minimum absolute atomic E-state index is 0.104. The van der Waals surface area contributed by atoms with E-state index in [1.165, 1.54) is 6.07 Å². The van der Waals surface area contributed by atoms with Crippen LogP contribution in [0.15, 0.2) is 23.1 Å². The Morgan fingerprint density at radius 2 is 2.20 bits per heavy atom. The molecule has 6 heteroatoms. The molecule has 0 N–H and O–H groups in total. The van der Waals surface area contributed by atoms with Crippen LogP contribution in [-0.2, 0) is 13.8 Å². The molecule has 112 valence electrons. The van der Waals surface area contributed by atoms with Crippen LogP contribution in [0.3, 0.4) is 0 Å².